The highest BCUT2D eigenvalue weighted by Gasteiger charge is 2.24. The van der Waals surface area contributed by atoms with Crippen molar-refractivity contribution in [2.75, 3.05) is 18.8 Å². The van der Waals surface area contributed by atoms with E-state index in [0.29, 0.717) is 29.4 Å². The van der Waals surface area contributed by atoms with Crippen LogP contribution in [0.3, 0.4) is 0 Å². The highest BCUT2D eigenvalue weighted by molar-refractivity contribution is 6.36. The number of likely N-dealkylation sites (tertiary alicyclic amines) is 1. The van der Waals surface area contributed by atoms with Crippen LogP contribution in [0.15, 0.2) is 48.9 Å². The second-order valence-electron chi connectivity index (χ2n) is 8.39. The highest BCUT2D eigenvalue weighted by Crippen LogP contribution is 2.37. The number of allylic oxidation sites excluding steroid dienone is 1. The van der Waals surface area contributed by atoms with E-state index in [0.717, 1.165) is 24.0 Å². The summed E-state index contributed by atoms with van der Waals surface area (Å²) >= 11 is 12.4. The van der Waals surface area contributed by atoms with Crippen LogP contribution in [-0.2, 0) is 4.79 Å². The van der Waals surface area contributed by atoms with Crippen molar-refractivity contribution in [2.45, 2.75) is 38.8 Å². The standard InChI is InChI=1S/C25H26Cl2FN5O2/c1-3-4-22(34)32-9-7-18(8-10-32)33-14-17(13-31-33)16-11-21(25(29)30-12-16)35-15(2)23-19(26)5-6-20(28)24(23)27/h3-6,11-15,18H,7-10H2,1-2H3,(H2,29,30). The summed E-state index contributed by atoms with van der Waals surface area (Å²) in [5, 5.41) is 4.75. The van der Waals surface area contributed by atoms with Crippen LogP contribution >= 0.6 is 23.2 Å². The molecular formula is C25H26Cl2FN5O2. The minimum absolute atomic E-state index is 0.0441. The molecule has 4 rings (SSSR count). The van der Waals surface area contributed by atoms with Gasteiger partial charge in [0, 0.05) is 47.2 Å². The minimum Gasteiger partial charge on any atom is -0.482 e. The molecule has 1 saturated heterocycles. The zero-order valence-electron chi connectivity index (χ0n) is 19.4. The first-order valence-corrected chi connectivity index (χ1v) is 12.1. The van der Waals surface area contributed by atoms with E-state index < -0.39 is 11.9 Å². The van der Waals surface area contributed by atoms with Crippen LogP contribution in [-0.4, -0.2) is 38.7 Å². The Balaban J connectivity index is 1.49. The number of pyridine rings is 1. The maximum absolute atomic E-state index is 14.0. The quantitative estimate of drug-likeness (QED) is 0.327. The molecule has 1 aliphatic rings. The van der Waals surface area contributed by atoms with Gasteiger partial charge in [-0.05, 0) is 51.0 Å². The Morgan fingerprint density at radius 3 is 2.71 bits per heavy atom. The van der Waals surface area contributed by atoms with Crippen LogP contribution in [0.4, 0.5) is 10.2 Å². The number of ether oxygens (including phenoxy) is 1. The van der Waals surface area contributed by atoms with Crippen molar-refractivity contribution in [2.24, 2.45) is 0 Å². The second-order valence-corrected chi connectivity index (χ2v) is 9.17. The third kappa shape index (κ3) is 5.44. The van der Waals surface area contributed by atoms with Crippen LogP contribution in [0.5, 0.6) is 5.75 Å². The van der Waals surface area contributed by atoms with Gasteiger partial charge in [0.15, 0.2) is 11.6 Å². The Bertz CT molecular complexity index is 1250. The first-order chi connectivity index (χ1) is 16.8. The zero-order valence-corrected chi connectivity index (χ0v) is 20.9. The summed E-state index contributed by atoms with van der Waals surface area (Å²) in [6.07, 6.45) is 9.70. The van der Waals surface area contributed by atoms with Gasteiger partial charge in [0.25, 0.3) is 0 Å². The van der Waals surface area contributed by atoms with E-state index >= 15 is 0 Å². The number of carbonyl (C=O) groups excluding carboxylic acids is 1. The monoisotopic (exact) mass is 517 g/mol. The fraction of sp³-hybridized carbons (Fsp3) is 0.320. The molecule has 10 heteroatoms. The molecule has 0 radical (unpaired) electrons. The number of anilines is 1. The number of benzene rings is 1. The summed E-state index contributed by atoms with van der Waals surface area (Å²) in [4.78, 5) is 18.2. The molecule has 2 N–H and O–H groups in total. The van der Waals surface area contributed by atoms with E-state index in [2.05, 4.69) is 10.1 Å². The van der Waals surface area contributed by atoms with Crippen molar-refractivity contribution in [1.29, 1.82) is 0 Å². The lowest BCUT2D eigenvalue weighted by atomic mass is 10.0. The summed E-state index contributed by atoms with van der Waals surface area (Å²) in [5.41, 5.74) is 8.00. The summed E-state index contributed by atoms with van der Waals surface area (Å²) in [6, 6.07) is 4.61. The van der Waals surface area contributed by atoms with E-state index in [1.807, 2.05) is 22.7 Å². The lowest BCUT2D eigenvalue weighted by Gasteiger charge is -2.31. The Kier molecular flexibility index (Phi) is 7.62. The number of nitrogens with zero attached hydrogens (tertiary/aromatic N) is 4. The molecular weight excluding hydrogens is 492 g/mol. The van der Waals surface area contributed by atoms with E-state index in [1.165, 1.54) is 12.1 Å². The number of halogens is 3. The van der Waals surface area contributed by atoms with Gasteiger partial charge in [-0.25, -0.2) is 9.37 Å². The molecule has 1 fully saturated rings. The van der Waals surface area contributed by atoms with Crippen LogP contribution in [0.1, 0.15) is 44.4 Å². The number of aromatic nitrogens is 3. The normalized spacial score (nSPS) is 15.5. The number of rotatable bonds is 6. The fourth-order valence-electron chi connectivity index (χ4n) is 4.16. The van der Waals surface area contributed by atoms with E-state index in [1.54, 1.807) is 37.5 Å². The van der Waals surface area contributed by atoms with E-state index in [9.17, 15) is 9.18 Å². The molecule has 1 aromatic carbocycles. The van der Waals surface area contributed by atoms with Crippen LogP contribution in [0.2, 0.25) is 10.0 Å². The largest absolute Gasteiger partial charge is 0.482 e. The lowest BCUT2D eigenvalue weighted by Crippen LogP contribution is -2.38. The third-order valence-electron chi connectivity index (χ3n) is 6.07. The minimum atomic E-state index is -0.664. The van der Waals surface area contributed by atoms with Gasteiger partial charge in [-0.3, -0.25) is 9.48 Å². The molecule has 1 atom stereocenters. The Morgan fingerprint density at radius 2 is 2.00 bits per heavy atom. The number of piperidine rings is 1. The number of carbonyl (C=O) groups is 1. The number of nitrogens with two attached hydrogens (primary N) is 1. The average molecular weight is 518 g/mol. The van der Waals surface area contributed by atoms with Crippen molar-refractivity contribution < 1.29 is 13.9 Å². The molecule has 0 bridgehead atoms. The van der Waals surface area contributed by atoms with Gasteiger partial charge in [-0.1, -0.05) is 29.3 Å². The van der Waals surface area contributed by atoms with Gasteiger partial charge < -0.3 is 15.4 Å². The zero-order chi connectivity index (χ0) is 25.1. The van der Waals surface area contributed by atoms with Gasteiger partial charge >= 0.3 is 0 Å². The van der Waals surface area contributed by atoms with Crippen LogP contribution in [0, 0.1) is 5.82 Å². The van der Waals surface area contributed by atoms with Gasteiger partial charge in [0.2, 0.25) is 5.91 Å². The summed E-state index contributed by atoms with van der Waals surface area (Å²) in [6.45, 7) is 4.93. The van der Waals surface area contributed by atoms with Gasteiger partial charge in [0.05, 0.1) is 17.3 Å². The van der Waals surface area contributed by atoms with Gasteiger partial charge in [-0.15, -0.1) is 0 Å². The molecule has 1 unspecified atom stereocenters. The van der Waals surface area contributed by atoms with E-state index in [4.69, 9.17) is 33.7 Å². The van der Waals surface area contributed by atoms with Crippen LogP contribution in [0.25, 0.3) is 11.1 Å². The number of amides is 1. The van der Waals surface area contributed by atoms with Gasteiger partial charge in [-0.2, -0.15) is 5.10 Å². The first-order valence-electron chi connectivity index (χ1n) is 11.3. The molecule has 1 aliphatic heterocycles. The predicted molar refractivity (Wildman–Crippen MR) is 135 cm³/mol. The average Bonchev–Trinajstić information content (AvgIpc) is 3.34. The molecule has 3 aromatic rings. The molecule has 184 valence electrons. The van der Waals surface area contributed by atoms with Crippen molar-refractivity contribution in [3.05, 3.63) is 70.4 Å². The molecule has 0 spiro atoms. The van der Waals surface area contributed by atoms with Gasteiger partial charge in [0.1, 0.15) is 11.9 Å². The Morgan fingerprint density at radius 1 is 1.26 bits per heavy atom. The van der Waals surface area contributed by atoms with Crippen molar-refractivity contribution >= 4 is 34.9 Å². The molecule has 3 heterocycles. The summed E-state index contributed by atoms with van der Waals surface area (Å²) < 4.78 is 21.9. The summed E-state index contributed by atoms with van der Waals surface area (Å²) in [5.74, 6) is -0.0156. The molecule has 2 aromatic heterocycles. The second kappa shape index (κ2) is 10.7. The maximum atomic E-state index is 14.0. The fourth-order valence-corrected chi connectivity index (χ4v) is 4.84. The third-order valence-corrected chi connectivity index (χ3v) is 6.78. The van der Waals surface area contributed by atoms with Crippen molar-refractivity contribution in [1.82, 2.24) is 19.7 Å². The summed E-state index contributed by atoms with van der Waals surface area (Å²) in [7, 11) is 0. The molecule has 0 saturated carbocycles. The Hall–Kier alpha value is -3.10. The number of nitrogen functional groups attached to an aromatic ring is 1. The van der Waals surface area contributed by atoms with Crippen molar-refractivity contribution in [3.8, 4) is 16.9 Å². The molecule has 1 amide bonds. The van der Waals surface area contributed by atoms with Crippen molar-refractivity contribution in [3.63, 3.8) is 0 Å². The van der Waals surface area contributed by atoms with E-state index in [-0.39, 0.29) is 22.8 Å². The predicted octanol–water partition coefficient (Wildman–Crippen LogP) is 5.85. The maximum Gasteiger partial charge on any atom is 0.246 e. The Labute approximate surface area is 213 Å². The number of hydrogen-bond donors (Lipinski definition) is 1. The van der Waals surface area contributed by atoms with Crippen LogP contribution < -0.4 is 10.5 Å². The lowest BCUT2D eigenvalue weighted by molar-refractivity contribution is -0.127. The number of hydrogen-bond acceptors (Lipinski definition) is 5. The molecule has 7 nitrogen and oxygen atoms in total. The topological polar surface area (TPSA) is 86.3 Å². The molecule has 0 aliphatic carbocycles. The highest BCUT2D eigenvalue weighted by atomic mass is 35.5. The smallest absolute Gasteiger partial charge is 0.246 e. The first kappa shape index (κ1) is 25.0. The SMILES string of the molecule is CC=CC(=O)N1CCC(n2cc(-c3cnc(N)c(OC(C)c4c(Cl)ccc(F)c4Cl)c3)cn2)CC1. The molecule has 35 heavy (non-hydrogen) atoms.